The first-order chi connectivity index (χ1) is 7.74. The highest BCUT2D eigenvalue weighted by atomic mass is 35.5. The van der Waals surface area contributed by atoms with Gasteiger partial charge in [0.05, 0.1) is 0 Å². The third kappa shape index (κ3) is 1.89. The van der Waals surface area contributed by atoms with Crippen LogP contribution in [-0.4, -0.2) is 4.98 Å². The van der Waals surface area contributed by atoms with Crippen LogP contribution in [0, 0.1) is 6.92 Å². The molecule has 0 saturated carbocycles. The molecule has 16 heavy (non-hydrogen) atoms. The maximum Gasteiger partial charge on any atom is 0.193 e. The summed E-state index contributed by atoms with van der Waals surface area (Å²) in [7, 11) is 0. The van der Waals surface area contributed by atoms with E-state index in [1.807, 2.05) is 31.2 Å². The quantitative estimate of drug-likeness (QED) is 0.849. The Kier molecular flexibility index (Phi) is 3.11. The molecule has 0 saturated heterocycles. The normalized spacial score (nSPS) is 11.4. The zero-order valence-corrected chi connectivity index (χ0v) is 9.71. The van der Waals surface area contributed by atoms with Crippen molar-refractivity contribution in [1.29, 1.82) is 0 Å². The number of pyridine rings is 1. The summed E-state index contributed by atoms with van der Waals surface area (Å²) < 4.78 is 0. The van der Waals surface area contributed by atoms with Gasteiger partial charge in [0, 0.05) is 27.7 Å². The highest BCUT2D eigenvalue weighted by Gasteiger charge is 2.06. The number of allylic oxidation sites excluding steroid dienone is 1. The number of aromatic nitrogens is 1. The van der Waals surface area contributed by atoms with Crippen LogP contribution in [0.2, 0.25) is 0 Å². The predicted octanol–water partition coefficient (Wildman–Crippen LogP) is 3.13. The summed E-state index contributed by atoms with van der Waals surface area (Å²) >= 11 is 5.48. The average Bonchev–Trinajstić information content (AvgIpc) is 2.29. The predicted molar refractivity (Wildman–Crippen MR) is 68.0 cm³/mol. The number of benzene rings is 1. The van der Waals surface area contributed by atoms with Crippen molar-refractivity contribution < 1.29 is 0 Å². The fourth-order valence-corrected chi connectivity index (χ4v) is 1.90. The molecule has 0 unspecified atom stereocenters. The molecule has 0 atom stereocenters. The topological polar surface area (TPSA) is 32.9 Å². The first-order valence-electron chi connectivity index (χ1n) is 5.09. The minimum Gasteiger partial charge on any atom is -0.358 e. The van der Waals surface area contributed by atoms with Gasteiger partial charge in [0.1, 0.15) is 0 Å². The molecule has 1 aromatic carbocycles. The number of aryl methyl sites for hydroxylation is 1. The van der Waals surface area contributed by atoms with E-state index in [1.165, 1.54) is 5.54 Å². The van der Waals surface area contributed by atoms with Crippen molar-refractivity contribution in [2.45, 2.75) is 13.3 Å². The molecule has 0 aliphatic rings. The first kappa shape index (κ1) is 11.0. The first-order valence-corrected chi connectivity index (χ1v) is 5.53. The van der Waals surface area contributed by atoms with Gasteiger partial charge in [-0.05, 0) is 25.5 Å². The largest absolute Gasteiger partial charge is 0.358 e. The summed E-state index contributed by atoms with van der Waals surface area (Å²) in [4.78, 5) is 15.4. The lowest BCUT2D eigenvalue weighted by atomic mass is 10.1. The Hall–Kier alpha value is -1.54. The fraction of sp³-hybridized carbons (Fsp3) is 0.154. The number of nitrogens with one attached hydrogen (secondary N) is 1. The van der Waals surface area contributed by atoms with Crippen molar-refractivity contribution in [1.82, 2.24) is 4.98 Å². The van der Waals surface area contributed by atoms with Crippen LogP contribution in [0.4, 0.5) is 0 Å². The van der Waals surface area contributed by atoms with Crippen molar-refractivity contribution >= 4 is 22.5 Å². The van der Waals surface area contributed by atoms with Gasteiger partial charge in [0.2, 0.25) is 0 Å². The zero-order valence-electron chi connectivity index (χ0n) is 8.96. The number of aromatic amines is 1. The lowest BCUT2D eigenvalue weighted by molar-refractivity contribution is 1.12. The second-order valence-electron chi connectivity index (χ2n) is 3.67. The van der Waals surface area contributed by atoms with Crippen molar-refractivity contribution in [2.24, 2.45) is 0 Å². The number of hydrogen-bond donors (Lipinski definition) is 1. The standard InChI is InChI=1S/C13H12ClNO/c1-9-10(6-4-8-14)13(16)11-5-2-3-7-12(11)15-9/h2-5,7-8H,6H2,1H3,(H,15,16)/b8-4+. The summed E-state index contributed by atoms with van der Waals surface area (Å²) in [5.41, 5.74) is 4.08. The van der Waals surface area contributed by atoms with E-state index in [4.69, 9.17) is 11.6 Å². The zero-order chi connectivity index (χ0) is 11.5. The van der Waals surface area contributed by atoms with Crippen molar-refractivity contribution in [3.63, 3.8) is 0 Å². The van der Waals surface area contributed by atoms with Gasteiger partial charge in [-0.15, -0.1) is 0 Å². The number of para-hydroxylation sites is 1. The Labute approximate surface area is 98.6 Å². The number of rotatable bonds is 2. The van der Waals surface area contributed by atoms with Crippen molar-refractivity contribution in [3.05, 3.63) is 57.4 Å². The Morgan fingerprint density at radius 3 is 2.88 bits per heavy atom. The van der Waals surface area contributed by atoms with Gasteiger partial charge < -0.3 is 4.98 Å². The molecule has 1 N–H and O–H groups in total. The molecule has 0 radical (unpaired) electrons. The van der Waals surface area contributed by atoms with E-state index in [0.29, 0.717) is 6.42 Å². The lowest BCUT2D eigenvalue weighted by Gasteiger charge is -2.05. The van der Waals surface area contributed by atoms with E-state index in [-0.39, 0.29) is 5.43 Å². The third-order valence-corrected chi connectivity index (χ3v) is 2.81. The molecule has 1 aromatic heterocycles. The van der Waals surface area contributed by atoms with Gasteiger partial charge in [-0.2, -0.15) is 0 Å². The van der Waals surface area contributed by atoms with Crippen LogP contribution in [0.25, 0.3) is 10.9 Å². The van der Waals surface area contributed by atoms with E-state index >= 15 is 0 Å². The van der Waals surface area contributed by atoms with Gasteiger partial charge in [-0.25, -0.2) is 0 Å². The Morgan fingerprint density at radius 1 is 1.38 bits per heavy atom. The molecule has 3 heteroatoms. The molecule has 0 fully saturated rings. The highest BCUT2D eigenvalue weighted by molar-refractivity contribution is 6.25. The molecule has 0 spiro atoms. The maximum absolute atomic E-state index is 12.2. The van der Waals surface area contributed by atoms with E-state index in [9.17, 15) is 4.79 Å². The summed E-state index contributed by atoms with van der Waals surface area (Å²) in [6.45, 7) is 1.91. The van der Waals surface area contributed by atoms with E-state index in [1.54, 1.807) is 6.08 Å². The molecule has 2 nitrogen and oxygen atoms in total. The molecule has 2 rings (SSSR count). The number of fused-ring (bicyclic) bond motifs is 1. The van der Waals surface area contributed by atoms with Crippen molar-refractivity contribution in [2.75, 3.05) is 0 Å². The lowest BCUT2D eigenvalue weighted by Crippen LogP contribution is -2.12. The molecule has 0 amide bonds. The average molecular weight is 234 g/mol. The smallest absolute Gasteiger partial charge is 0.193 e. The van der Waals surface area contributed by atoms with E-state index in [0.717, 1.165) is 22.2 Å². The number of hydrogen-bond acceptors (Lipinski definition) is 1. The molecular weight excluding hydrogens is 222 g/mol. The number of H-pyrrole nitrogens is 1. The minimum atomic E-state index is 0.0848. The molecule has 0 bridgehead atoms. The molecule has 0 aliphatic heterocycles. The number of halogens is 1. The SMILES string of the molecule is Cc1[nH]c2ccccc2c(=O)c1C/C=C/Cl. The van der Waals surface area contributed by atoms with Gasteiger partial charge in [0.25, 0.3) is 0 Å². The van der Waals surface area contributed by atoms with Crippen LogP contribution in [0.5, 0.6) is 0 Å². The van der Waals surface area contributed by atoms with Gasteiger partial charge in [-0.1, -0.05) is 29.8 Å². The summed E-state index contributed by atoms with van der Waals surface area (Å²) in [6, 6.07) is 7.52. The van der Waals surface area contributed by atoms with Gasteiger partial charge in [-0.3, -0.25) is 4.79 Å². The van der Waals surface area contributed by atoms with E-state index < -0.39 is 0 Å². The van der Waals surface area contributed by atoms with E-state index in [2.05, 4.69) is 4.98 Å². The monoisotopic (exact) mass is 233 g/mol. The second-order valence-corrected chi connectivity index (χ2v) is 3.92. The fourth-order valence-electron chi connectivity index (χ4n) is 1.81. The van der Waals surface area contributed by atoms with Crippen LogP contribution in [0.3, 0.4) is 0 Å². The summed E-state index contributed by atoms with van der Waals surface area (Å²) in [5, 5.41) is 0.728. The molecule has 1 heterocycles. The van der Waals surface area contributed by atoms with Crippen molar-refractivity contribution in [3.8, 4) is 0 Å². The molecule has 82 valence electrons. The Bertz CT molecular complexity index is 598. The van der Waals surface area contributed by atoms with Crippen LogP contribution in [-0.2, 0) is 6.42 Å². The van der Waals surface area contributed by atoms with Gasteiger partial charge in [0.15, 0.2) is 5.43 Å². The third-order valence-electron chi connectivity index (χ3n) is 2.63. The summed E-state index contributed by atoms with van der Waals surface area (Å²) in [5.74, 6) is 0. The molecule has 0 aliphatic carbocycles. The highest BCUT2D eigenvalue weighted by Crippen LogP contribution is 2.11. The second kappa shape index (κ2) is 4.54. The molecule has 2 aromatic rings. The van der Waals surface area contributed by atoms with Crippen LogP contribution < -0.4 is 5.43 Å². The Morgan fingerprint density at radius 2 is 2.12 bits per heavy atom. The summed E-state index contributed by atoms with van der Waals surface area (Å²) in [6.07, 6.45) is 2.34. The van der Waals surface area contributed by atoms with Gasteiger partial charge >= 0.3 is 0 Å². The minimum absolute atomic E-state index is 0.0848. The van der Waals surface area contributed by atoms with Crippen LogP contribution >= 0.6 is 11.6 Å². The van der Waals surface area contributed by atoms with Crippen LogP contribution in [0.1, 0.15) is 11.3 Å². The van der Waals surface area contributed by atoms with Crippen LogP contribution in [0.15, 0.2) is 40.7 Å². The Balaban J connectivity index is 2.71. The maximum atomic E-state index is 12.2. The molecular formula is C13H12ClNO.